The smallest absolute Gasteiger partial charge is 0.237 e. The number of carbonyl (C=O) groups is 1. The Kier molecular flexibility index (Phi) is 6.93. The van der Waals surface area contributed by atoms with E-state index in [2.05, 4.69) is 11.0 Å². The summed E-state index contributed by atoms with van der Waals surface area (Å²) in [6.07, 6.45) is 2.37. The van der Waals surface area contributed by atoms with Gasteiger partial charge in [-0.2, -0.15) is 0 Å². The van der Waals surface area contributed by atoms with E-state index in [9.17, 15) is 4.79 Å². The van der Waals surface area contributed by atoms with Crippen LogP contribution in [0.5, 0.6) is 5.75 Å². The van der Waals surface area contributed by atoms with Crippen LogP contribution >= 0.6 is 35.3 Å². The maximum Gasteiger partial charge on any atom is 0.237 e. The number of benzene rings is 1. The van der Waals surface area contributed by atoms with Crippen molar-refractivity contribution >= 4 is 51.2 Å². The number of anilines is 1. The van der Waals surface area contributed by atoms with Crippen LogP contribution in [0.15, 0.2) is 41.8 Å². The lowest BCUT2D eigenvalue weighted by atomic mass is 10.2. The zero-order valence-electron chi connectivity index (χ0n) is 14.7. The van der Waals surface area contributed by atoms with Crippen LogP contribution in [0.25, 0.3) is 0 Å². The highest BCUT2D eigenvalue weighted by Crippen LogP contribution is 2.24. The van der Waals surface area contributed by atoms with Crippen molar-refractivity contribution in [3.8, 4) is 5.75 Å². The van der Waals surface area contributed by atoms with E-state index in [0.29, 0.717) is 12.3 Å². The number of likely N-dealkylation sites (tertiary alicyclic amines) is 1. The van der Waals surface area contributed by atoms with Crippen LogP contribution in [0.3, 0.4) is 0 Å². The first-order valence-electron chi connectivity index (χ1n) is 8.56. The zero-order valence-corrected chi connectivity index (χ0v) is 17.2. The highest BCUT2D eigenvalue weighted by Gasteiger charge is 2.20. The summed E-state index contributed by atoms with van der Waals surface area (Å²) in [5.41, 5.74) is 0.872. The van der Waals surface area contributed by atoms with E-state index in [-0.39, 0.29) is 5.91 Å². The van der Waals surface area contributed by atoms with Gasteiger partial charge in [0.15, 0.2) is 0 Å². The molecule has 138 valence electrons. The van der Waals surface area contributed by atoms with Crippen LogP contribution in [0.1, 0.15) is 17.7 Å². The molecule has 0 aliphatic carbocycles. The van der Waals surface area contributed by atoms with Gasteiger partial charge in [0.2, 0.25) is 5.91 Å². The summed E-state index contributed by atoms with van der Waals surface area (Å²) in [6, 6.07) is 11.7. The Morgan fingerprint density at radius 2 is 2.00 bits per heavy atom. The molecule has 0 N–H and O–H groups in total. The predicted molar refractivity (Wildman–Crippen MR) is 114 cm³/mol. The third-order valence-corrected chi connectivity index (χ3v) is 6.63. The number of thiophene rings is 1. The fourth-order valence-corrected chi connectivity index (χ4v) is 4.66. The molecule has 0 spiro atoms. The van der Waals surface area contributed by atoms with Crippen molar-refractivity contribution in [2.75, 3.05) is 30.9 Å². The van der Waals surface area contributed by atoms with Crippen LogP contribution < -0.4 is 9.64 Å². The van der Waals surface area contributed by atoms with Gasteiger partial charge in [0.25, 0.3) is 0 Å². The van der Waals surface area contributed by atoms with Gasteiger partial charge >= 0.3 is 0 Å². The minimum absolute atomic E-state index is 0.0649. The van der Waals surface area contributed by atoms with Crippen LogP contribution in [0.4, 0.5) is 5.69 Å². The summed E-state index contributed by atoms with van der Waals surface area (Å²) in [5.74, 6) is 1.20. The van der Waals surface area contributed by atoms with Crippen molar-refractivity contribution in [1.29, 1.82) is 0 Å². The highest BCUT2D eigenvalue weighted by atomic mass is 32.2. The van der Waals surface area contributed by atoms with Gasteiger partial charge in [-0.25, -0.2) is 0 Å². The Bertz CT molecular complexity index is 726. The predicted octanol–water partition coefficient (Wildman–Crippen LogP) is 4.40. The number of nitrogens with zero attached hydrogens (tertiary/aromatic N) is 2. The minimum Gasteiger partial charge on any atom is -0.497 e. The van der Waals surface area contributed by atoms with Crippen molar-refractivity contribution in [3.05, 3.63) is 46.7 Å². The number of methoxy groups -OCH3 is 1. The SMILES string of the molecule is COc1ccc(N(Cc2cccs2)C(=O)CSC(=S)N2CCCC2)cc1. The summed E-state index contributed by atoms with van der Waals surface area (Å²) in [6.45, 7) is 2.59. The van der Waals surface area contributed by atoms with Gasteiger partial charge in [-0.3, -0.25) is 4.79 Å². The molecule has 1 aromatic carbocycles. The number of carbonyl (C=O) groups excluding carboxylic acids is 1. The number of thioether (sulfide) groups is 1. The van der Waals surface area contributed by atoms with Crippen molar-refractivity contribution < 1.29 is 9.53 Å². The Hall–Kier alpha value is -1.57. The number of hydrogen-bond donors (Lipinski definition) is 0. The van der Waals surface area contributed by atoms with Crippen molar-refractivity contribution in [3.63, 3.8) is 0 Å². The van der Waals surface area contributed by atoms with E-state index < -0.39 is 0 Å². The molecule has 0 bridgehead atoms. The van der Waals surface area contributed by atoms with Gasteiger partial charge < -0.3 is 14.5 Å². The molecule has 26 heavy (non-hydrogen) atoms. The average Bonchev–Trinajstić information content (AvgIpc) is 3.38. The van der Waals surface area contributed by atoms with E-state index in [4.69, 9.17) is 17.0 Å². The van der Waals surface area contributed by atoms with Crippen molar-refractivity contribution in [2.45, 2.75) is 19.4 Å². The first-order valence-corrected chi connectivity index (χ1v) is 10.8. The molecule has 1 aromatic heterocycles. The monoisotopic (exact) mass is 406 g/mol. The van der Waals surface area contributed by atoms with Gasteiger partial charge in [0, 0.05) is 23.7 Å². The summed E-state index contributed by atoms with van der Waals surface area (Å²) < 4.78 is 6.06. The molecule has 2 aromatic rings. The lowest BCUT2D eigenvalue weighted by Crippen LogP contribution is -2.33. The normalized spacial score (nSPS) is 13.7. The Labute approximate surface area is 168 Å². The van der Waals surface area contributed by atoms with Gasteiger partial charge in [-0.05, 0) is 48.6 Å². The third-order valence-electron chi connectivity index (χ3n) is 4.26. The fraction of sp³-hybridized carbons (Fsp3) is 0.368. The summed E-state index contributed by atoms with van der Waals surface area (Å²) in [5, 5.41) is 2.03. The highest BCUT2D eigenvalue weighted by molar-refractivity contribution is 8.23. The number of hydrogen-bond acceptors (Lipinski definition) is 5. The molecular formula is C19H22N2O2S3. The van der Waals surface area contributed by atoms with E-state index in [1.165, 1.54) is 24.6 Å². The second-order valence-electron chi connectivity index (χ2n) is 6.01. The molecule has 4 nitrogen and oxygen atoms in total. The molecule has 2 heterocycles. The Morgan fingerprint density at radius 3 is 2.62 bits per heavy atom. The molecule has 1 aliphatic heterocycles. The number of thiocarbonyl (C=S) groups is 1. The van der Waals surface area contributed by atoms with Crippen LogP contribution in [0.2, 0.25) is 0 Å². The quantitative estimate of drug-likeness (QED) is 0.664. The number of amides is 1. The van der Waals surface area contributed by atoms with Gasteiger partial charge in [-0.15, -0.1) is 11.3 Å². The molecule has 1 fully saturated rings. The van der Waals surface area contributed by atoms with Crippen LogP contribution in [0, 0.1) is 0 Å². The largest absolute Gasteiger partial charge is 0.497 e. The average molecular weight is 407 g/mol. The van der Waals surface area contributed by atoms with E-state index in [1.54, 1.807) is 18.4 Å². The number of ether oxygens (including phenoxy) is 1. The molecule has 3 rings (SSSR count). The lowest BCUT2D eigenvalue weighted by molar-refractivity contribution is -0.116. The molecule has 1 saturated heterocycles. The number of rotatable bonds is 6. The first kappa shape index (κ1) is 19.2. The standard InChI is InChI=1S/C19H22N2O2S3/c1-23-16-8-6-15(7-9-16)21(13-17-5-4-12-25-17)18(22)14-26-19(24)20-10-2-3-11-20/h4-9,12H,2-3,10-11,13-14H2,1H3. The Morgan fingerprint density at radius 1 is 1.27 bits per heavy atom. The first-order chi connectivity index (χ1) is 12.7. The molecule has 1 aliphatic rings. The van der Waals surface area contributed by atoms with Crippen LogP contribution in [-0.2, 0) is 11.3 Å². The molecule has 0 radical (unpaired) electrons. The van der Waals surface area contributed by atoms with Crippen LogP contribution in [-0.4, -0.2) is 41.1 Å². The lowest BCUT2D eigenvalue weighted by Gasteiger charge is -2.23. The summed E-state index contributed by atoms with van der Waals surface area (Å²) in [7, 11) is 1.64. The molecular weight excluding hydrogens is 384 g/mol. The fourth-order valence-electron chi connectivity index (χ4n) is 2.84. The topological polar surface area (TPSA) is 32.8 Å². The molecule has 0 atom stereocenters. The molecule has 0 saturated carbocycles. The van der Waals surface area contributed by atoms with E-state index >= 15 is 0 Å². The zero-order chi connectivity index (χ0) is 18.4. The van der Waals surface area contributed by atoms with Gasteiger partial charge in [0.1, 0.15) is 10.1 Å². The van der Waals surface area contributed by atoms with Gasteiger partial charge in [-0.1, -0.05) is 30.0 Å². The molecule has 0 unspecified atom stereocenters. The maximum absolute atomic E-state index is 12.9. The van der Waals surface area contributed by atoms with Gasteiger partial charge in [0.05, 0.1) is 19.4 Å². The van der Waals surface area contributed by atoms with Crippen molar-refractivity contribution in [1.82, 2.24) is 4.90 Å². The molecule has 7 heteroatoms. The Balaban J connectivity index is 1.68. The maximum atomic E-state index is 12.9. The van der Waals surface area contributed by atoms with E-state index in [1.807, 2.05) is 40.6 Å². The minimum atomic E-state index is 0.0649. The van der Waals surface area contributed by atoms with Crippen molar-refractivity contribution in [2.24, 2.45) is 0 Å². The summed E-state index contributed by atoms with van der Waals surface area (Å²) >= 11 is 8.61. The molecule has 1 amide bonds. The summed E-state index contributed by atoms with van der Waals surface area (Å²) in [4.78, 5) is 18.1. The van der Waals surface area contributed by atoms with E-state index in [0.717, 1.165) is 33.7 Å². The second kappa shape index (κ2) is 9.39. The second-order valence-corrected chi connectivity index (χ2v) is 8.65. The third kappa shape index (κ3) is 4.99.